The molecule has 1 unspecified atom stereocenters. The van der Waals surface area contributed by atoms with Gasteiger partial charge in [0.15, 0.2) is 6.10 Å². The Morgan fingerprint density at radius 3 is 0.922 bits per heavy atom. The van der Waals surface area contributed by atoms with Gasteiger partial charge in [-0.05, 0) is 83.5 Å². The number of hydrogen-bond acceptors (Lipinski definition) is 6. The predicted molar refractivity (Wildman–Crippen MR) is 275 cm³/mol. The molecule has 6 nitrogen and oxygen atoms in total. The smallest absolute Gasteiger partial charge is 0.306 e. The van der Waals surface area contributed by atoms with Crippen LogP contribution in [0.3, 0.4) is 0 Å². The van der Waals surface area contributed by atoms with Gasteiger partial charge in [0.2, 0.25) is 0 Å². The minimum Gasteiger partial charge on any atom is -0.462 e. The fraction of sp³-hybridized carbons (Fsp3) is 0.810. The largest absolute Gasteiger partial charge is 0.462 e. The van der Waals surface area contributed by atoms with Crippen molar-refractivity contribution >= 4 is 17.9 Å². The zero-order valence-corrected chi connectivity index (χ0v) is 42.6. The maximum Gasteiger partial charge on any atom is 0.306 e. The molecule has 64 heavy (non-hydrogen) atoms. The molecule has 0 saturated carbocycles. The number of unbranched alkanes of at least 4 members (excludes halogenated alkanes) is 31. The van der Waals surface area contributed by atoms with Crippen molar-refractivity contribution in [2.75, 3.05) is 13.2 Å². The van der Waals surface area contributed by atoms with Crippen molar-refractivity contribution in [1.82, 2.24) is 0 Å². The lowest BCUT2D eigenvalue weighted by atomic mass is 10.0. The quantitative estimate of drug-likeness (QED) is 0.0262. The lowest BCUT2D eigenvalue weighted by Gasteiger charge is -2.18. The van der Waals surface area contributed by atoms with Crippen molar-refractivity contribution in [1.29, 1.82) is 0 Å². The molecule has 0 saturated heterocycles. The van der Waals surface area contributed by atoms with E-state index in [4.69, 9.17) is 14.2 Å². The first kappa shape index (κ1) is 61.4. The number of hydrogen-bond donors (Lipinski definition) is 0. The Morgan fingerprint density at radius 1 is 0.312 bits per heavy atom. The fourth-order valence-electron chi connectivity index (χ4n) is 7.86. The van der Waals surface area contributed by atoms with Gasteiger partial charge >= 0.3 is 17.9 Å². The van der Waals surface area contributed by atoms with Gasteiger partial charge in [-0.1, -0.05) is 230 Å². The first-order valence-electron chi connectivity index (χ1n) is 27.6. The van der Waals surface area contributed by atoms with Crippen molar-refractivity contribution in [3.8, 4) is 0 Å². The molecule has 1 atom stereocenters. The van der Waals surface area contributed by atoms with Crippen LogP contribution < -0.4 is 0 Å². The molecule has 0 aliphatic carbocycles. The Kier molecular flexibility index (Phi) is 50.8. The van der Waals surface area contributed by atoms with Crippen LogP contribution in [-0.4, -0.2) is 37.2 Å². The molecule has 0 aromatic rings. The van der Waals surface area contributed by atoms with Crippen LogP contribution in [0, 0.1) is 0 Å². The van der Waals surface area contributed by atoms with Crippen LogP contribution in [0.2, 0.25) is 0 Å². The molecule has 0 N–H and O–H groups in total. The van der Waals surface area contributed by atoms with Crippen LogP contribution in [0.15, 0.2) is 48.6 Å². The highest BCUT2D eigenvalue weighted by Crippen LogP contribution is 2.15. The van der Waals surface area contributed by atoms with E-state index in [1.807, 2.05) is 0 Å². The summed E-state index contributed by atoms with van der Waals surface area (Å²) >= 11 is 0. The average molecular weight is 897 g/mol. The summed E-state index contributed by atoms with van der Waals surface area (Å²) in [7, 11) is 0. The number of carbonyl (C=O) groups excluding carboxylic acids is 3. The summed E-state index contributed by atoms with van der Waals surface area (Å²) in [5.41, 5.74) is 0. The van der Waals surface area contributed by atoms with Crippen LogP contribution >= 0.6 is 0 Å². The van der Waals surface area contributed by atoms with Crippen LogP contribution in [0.5, 0.6) is 0 Å². The molecule has 0 aliphatic rings. The third-order valence-electron chi connectivity index (χ3n) is 12.1. The van der Waals surface area contributed by atoms with Gasteiger partial charge in [0.05, 0.1) is 0 Å². The minimum absolute atomic E-state index is 0.0781. The van der Waals surface area contributed by atoms with E-state index in [9.17, 15) is 14.4 Å². The average Bonchev–Trinajstić information content (AvgIpc) is 3.29. The first-order chi connectivity index (χ1) is 31.5. The van der Waals surface area contributed by atoms with Gasteiger partial charge in [-0.15, -0.1) is 0 Å². The van der Waals surface area contributed by atoms with Gasteiger partial charge in [-0.25, -0.2) is 0 Å². The third kappa shape index (κ3) is 50.4. The molecule has 0 amide bonds. The van der Waals surface area contributed by atoms with E-state index < -0.39 is 6.10 Å². The molecule has 0 fully saturated rings. The zero-order chi connectivity index (χ0) is 46.5. The molecule has 0 spiro atoms. The maximum absolute atomic E-state index is 12.8. The van der Waals surface area contributed by atoms with Gasteiger partial charge < -0.3 is 14.2 Å². The predicted octanol–water partition coefficient (Wildman–Crippen LogP) is 18.3. The second kappa shape index (κ2) is 53.0. The van der Waals surface area contributed by atoms with Gasteiger partial charge in [0, 0.05) is 19.3 Å². The summed E-state index contributed by atoms with van der Waals surface area (Å²) in [5.74, 6) is -0.889. The topological polar surface area (TPSA) is 78.9 Å². The summed E-state index contributed by atoms with van der Waals surface area (Å²) < 4.78 is 16.8. The second-order valence-corrected chi connectivity index (χ2v) is 18.5. The highest BCUT2D eigenvalue weighted by atomic mass is 16.6. The maximum atomic E-state index is 12.8. The lowest BCUT2D eigenvalue weighted by Crippen LogP contribution is -2.30. The SMILES string of the molecule is CCCCC/C=C\C/C=C\C/C=C\CCCCCCCCC(=O)OCC(COC(=O)CCCCCCCCCCCCCC)OC(=O)CCCCCCC/C=C\CCCCCCCC. The molecule has 0 aromatic carbocycles. The van der Waals surface area contributed by atoms with E-state index in [-0.39, 0.29) is 31.1 Å². The summed E-state index contributed by atoms with van der Waals surface area (Å²) in [6.07, 6.45) is 63.7. The van der Waals surface area contributed by atoms with E-state index in [0.717, 1.165) is 89.9 Å². The molecule has 0 radical (unpaired) electrons. The van der Waals surface area contributed by atoms with Crippen molar-refractivity contribution in [3.05, 3.63) is 48.6 Å². The molecule has 0 heterocycles. The van der Waals surface area contributed by atoms with Crippen molar-refractivity contribution in [3.63, 3.8) is 0 Å². The normalized spacial score (nSPS) is 12.4. The van der Waals surface area contributed by atoms with Crippen LogP contribution in [-0.2, 0) is 28.6 Å². The molecule has 6 heteroatoms. The molecule has 0 aliphatic heterocycles. The number of esters is 3. The summed E-state index contributed by atoms with van der Waals surface area (Å²) in [4.78, 5) is 38.0. The van der Waals surface area contributed by atoms with Crippen molar-refractivity contribution in [2.45, 2.75) is 290 Å². The molecule has 0 bridgehead atoms. The number of rotatable bonds is 50. The van der Waals surface area contributed by atoms with E-state index >= 15 is 0 Å². The highest BCUT2D eigenvalue weighted by Gasteiger charge is 2.19. The molecule has 0 aromatic heterocycles. The second-order valence-electron chi connectivity index (χ2n) is 18.5. The standard InChI is InChI=1S/C58H104O6/c1-4-7-10-13-16-19-22-25-27-28-29-30-32-33-36-39-42-45-48-51-57(60)63-54-55(53-62-56(59)50-47-44-41-38-35-24-21-18-15-12-9-6-3)64-58(61)52-49-46-43-40-37-34-31-26-23-20-17-14-11-8-5-2/h16,19,25-27,29-31,55H,4-15,17-18,20-24,28,32-54H2,1-3H3/b19-16-,27-25-,30-29-,31-26-. The van der Waals surface area contributed by atoms with E-state index in [2.05, 4.69) is 69.4 Å². The van der Waals surface area contributed by atoms with Gasteiger partial charge in [0.1, 0.15) is 13.2 Å². The number of allylic oxidation sites excluding steroid dienone is 8. The van der Waals surface area contributed by atoms with Crippen LogP contribution in [0.25, 0.3) is 0 Å². The monoisotopic (exact) mass is 897 g/mol. The summed E-state index contributed by atoms with van der Waals surface area (Å²) in [6, 6.07) is 0. The van der Waals surface area contributed by atoms with Crippen LogP contribution in [0.1, 0.15) is 284 Å². The summed E-state index contributed by atoms with van der Waals surface area (Å²) in [6.45, 7) is 6.61. The zero-order valence-electron chi connectivity index (χ0n) is 42.6. The number of ether oxygens (including phenoxy) is 3. The van der Waals surface area contributed by atoms with Crippen molar-refractivity contribution in [2.24, 2.45) is 0 Å². The van der Waals surface area contributed by atoms with E-state index in [0.29, 0.717) is 19.3 Å². The highest BCUT2D eigenvalue weighted by molar-refractivity contribution is 5.71. The Morgan fingerprint density at radius 2 is 0.562 bits per heavy atom. The van der Waals surface area contributed by atoms with E-state index in [1.165, 1.54) is 154 Å². The Labute approximate surface area is 397 Å². The van der Waals surface area contributed by atoms with Gasteiger partial charge in [0.25, 0.3) is 0 Å². The fourth-order valence-corrected chi connectivity index (χ4v) is 7.86. The van der Waals surface area contributed by atoms with Crippen molar-refractivity contribution < 1.29 is 28.6 Å². The Balaban J connectivity index is 4.37. The molecule has 372 valence electrons. The van der Waals surface area contributed by atoms with E-state index in [1.54, 1.807) is 0 Å². The Hall–Kier alpha value is -2.63. The molecule has 0 rings (SSSR count). The van der Waals surface area contributed by atoms with Crippen LogP contribution in [0.4, 0.5) is 0 Å². The first-order valence-corrected chi connectivity index (χ1v) is 27.6. The molecular weight excluding hydrogens is 793 g/mol. The lowest BCUT2D eigenvalue weighted by molar-refractivity contribution is -0.167. The summed E-state index contributed by atoms with van der Waals surface area (Å²) in [5, 5.41) is 0. The van der Waals surface area contributed by atoms with Gasteiger partial charge in [-0.3, -0.25) is 14.4 Å². The third-order valence-corrected chi connectivity index (χ3v) is 12.1. The van der Waals surface area contributed by atoms with Gasteiger partial charge in [-0.2, -0.15) is 0 Å². The Bertz CT molecular complexity index is 1120. The number of carbonyl (C=O) groups is 3. The minimum atomic E-state index is -0.780. The molecular formula is C58H104O6.